The zero-order chi connectivity index (χ0) is 15.2. The predicted molar refractivity (Wildman–Crippen MR) is 78.2 cm³/mol. The van der Waals surface area contributed by atoms with Gasteiger partial charge < -0.3 is 9.80 Å². The Bertz CT molecular complexity index is 492. The molecule has 0 aromatic heterocycles. The van der Waals surface area contributed by atoms with Crippen molar-refractivity contribution in [3.63, 3.8) is 0 Å². The molecule has 0 radical (unpaired) electrons. The SMILES string of the molecule is C[C@@H]1C(=O)N(Cc2ccccc2)CC(=O)N1CCCCF. The largest absolute Gasteiger partial charge is 0.329 e. The first kappa shape index (κ1) is 15.5. The number of alkyl halides is 1. The van der Waals surface area contributed by atoms with Crippen LogP contribution in [0.1, 0.15) is 25.3 Å². The van der Waals surface area contributed by atoms with Crippen molar-refractivity contribution >= 4 is 11.8 Å². The molecule has 5 heteroatoms. The number of nitrogens with zero attached hydrogens (tertiary/aromatic N) is 2. The van der Waals surface area contributed by atoms with Gasteiger partial charge in [-0.3, -0.25) is 14.0 Å². The highest BCUT2D eigenvalue weighted by atomic mass is 19.1. The minimum Gasteiger partial charge on any atom is -0.329 e. The van der Waals surface area contributed by atoms with Crippen LogP contribution in [0, 0.1) is 0 Å². The highest BCUT2D eigenvalue weighted by molar-refractivity contribution is 5.94. The molecular formula is C16H21FN2O2. The molecule has 2 amide bonds. The van der Waals surface area contributed by atoms with Crippen LogP contribution < -0.4 is 0 Å². The first-order valence-electron chi connectivity index (χ1n) is 7.31. The van der Waals surface area contributed by atoms with Crippen LogP contribution in [0.2, 0.25) is 0 Å². The van der Waals surface area contributed by atoms with E-state index in [-0.39, 0.29) is 25.0 Å². The van der Waals surface area contributed by atoms with Crippen molar-refractivity contribution < 1.29 is 14.0 Å². The molecule has 1 aromatic rings. The van der Waals surface area contributed by atoms with Crippen molar-refractivity contribution in [1.29, 1.82) is 0 Å². The normalized spacial score (nSPS) is 19.2. The van der Waals surface area contributed by atoms with Gasteiger partial charge in [0.25, 0.3) is 0 Å². The van der Waals surface area contributed by atoms with Gasteiger partial charge in [0.15, 0.2) is 0 Å². The first-order valence-corrected chi connectivity index (χ1v) is 7.31. The van der Waals surface area contributed by atoms with Gasteiger partial charge in [-0.2, -0.15) is 0 Å². The van der Waals surface area contributed by atoms with Crippen molar-refractivity contribution in [2.45, 2.75) is 32.4 Å². The summed E-state index contributed by atoms with van der Waals surface area (Å²) in [5.74, 6) is -0.101. The molecule has 0 bridgehead atoms. The molecule has 1 aliphatic heterocycles. The topological polar surface area (TPSA) is 40.6 Å². The molecule has 21 heavy (non-hydrogen) atoms. The third-order valence-electron chi connectivity index (χ3n) is 3.78. The summed E-state index contributed by atoms with van der Waals surface area (Å²) < 4.78 is 12.1. The van der Waals surface area contributed by atoms with Gasteiger partial charge in [0.2, 0.25) is 11.8 Å². The van der Waals surface area contributed by atoms with Gasteiger partial charge in [-0.05, 0) is 25.3 Å². The summed E-state index contributed by atoms with van der Waals surface area (Å²) in [6.07, 6.45) is 1.02. The molecule has 1 saturated heterocycles. The molecule has 1 fully saturated rings. The number of hydrogen-bond acceptors (Lipinski definition) is 2. The summed E-state index contributed by atoms with van der Waals surface area (Å²) >= 11 is 0. The van der Waals surface area contributed by atoms with Crippen LogP contribution in [0.25, 0.3) is 0 Å². The number of rotatable bonds is 6. The molecule has 1 heterocycles. The number of carbonyl (C=O) groups is 2. The van der Waals surface area contributed by atoms with Gasteiger partial charge in [-0.15, -0.1) is 0 Å². The summed E-state index contributed by atoms with van der Waals surface area (Å²) in [7, 11) is 0. The minimum absolute atomic E-state index is 0.0429. The molecule has 1 aromatic carbocycles. The van der Waals surface area contributed by atoms with E-state index in [1.165, 1.54) is 0 Å². The lowest BCUT2D eigenvalue weighted by molar-refractivity contribution is -0.155. The predicted octanol–water partition coefficient (Wildman–Crippen LogP) is 2.00. The van der Waals surface area contributed by atoms with Crippen LogP contribution >= 0.6 is 0 Å². The maximum absolute atomic E-state index is 12.4. The number of amides is 2. The zero-order valence-electron chi connectivity index (χ0n) is 12.3. The highest BCUT2D eigenvalue weighted by Crippen LogP contribution is 2.16. The number of hydrogen-bond donors (Lipinski definition) is 0. The van der Waals surface area contributed by atoms with Gasteiger partial charge in [0.1, 0.15) is 12.6 Å². The standard InChI is InChI=1S/C16H21FN2O2/c1-13-16(21)18(11-14-7-3-2-4-8-14)12-15(20)19(13)10-6-5-9-17/h2-4,7-8,13H,5-6,9-12H2,1H3/t13-/m1/s1. The Balaban J connectivity index is 1.99. The Morgan fingerprint density at radius 1 is 1.19 bits per heavy atom. The summed E-state index contributed by atoms with van der Waals surface area (Å²) in [5, 5.41) is 0. The lowest BCUT2D eigenvalue weighted by Gasteiger charge is -2.38. The fraction of sp³-hybridized carbons (Fsp3) is 0.500. The molecule has 1 aliphatic rings. The molecule has 0 saturated carbocycles. The van der Waals surface area contributed by atoms with Gasteiger partial charge >= 0.3 is 0 Å². The second kappa shape index (κ2) is 7.20. The zero-order valence-corrected chi connectivity index (χ0v) is 12.3. The maximum atomic E-state index is 12.4. The minimum atomic E-state index is -0.463. The van der Waals surface area contributed by atoms with Crippen molar-refractivity contribution in [2.75, 3.05) is 19.8 Å². The number of benzene rings is 1. The van der Waals surface area contributed by atoms with E-state index in [9.17, 15) is 14.0 Å². The second-order valence-electron chi connectivity index (χ2n) is 5.34. The molecule has 0 spiro atoms. The Morgan fingerprint density at radius 3 is 2.57 bits per heavy atom. The molecule has 1 atom stereocenters. The number of carbonyl (C=O) groups excluding carboxylic acids is 2. The van der Waals surface area contributed by atoms with E-state index in [1.807, 2.05) is 30.3 Å². The molecular weight excluding hydrogens is 271 g/mol. The second-order valence-corrected chi connectivity index (χ2v) is 5.34. The Labute approximate surface area is 124 Å². The number of piperazine rings is 1. The summed E-state index contributed by atoms with van der Waals surface area (Å²) in [6.45, 7) is 2.37. The summed E-state index contributed by atoms with van der Waals surface area (Å²) in [6, 6.07) is 9.17. The van der Waals surface area contributed by atoms with Crippen molar-refractivity contribution in [3.05, 3.63) is 35.9 Å². The molecule has 4 nitrogen and oxygen atoms in total. The molecule has 0 unspecified atom stereocenters. The fourth-order valence-electron chi connectivity index (χ4n) is 2.58. The van der Waals surface area contributed by atoms with Crippen LogP contribution in [-0.2, 0) is 16.1 Å². The van der Waals surface area contributed by atoms with E-state index >= 15 is 0 Å². The monoisotopic (exact) mass is 292 g/mol. The summed E-state index contributed by atoms with van der Waals surface area (Å²) in [4.78, 5) is 27.7. The Kier molecular flexibility index (Phi) is 5.31. The van der Waals surface area contributed by atoms with E-state index in [2.05, 4.69) is 0 Å². The third kappa shape index (κ3) is 3.80. The van der Waals surface area contributed by atoms with Gasteiger partial charge in [0.05, 0.1) is 6.67 Å². The van der Waals surface area contributed by atoms with E-state index in [4.69, 9.17) is 0 Å². The van der Waals surface area contributed by atoms with E-state index < -0.39 is 6.04 Å². The maximum Gasteiger partial charge on any atom is 0.245 e. The van der Waals surface area contributed by atoms with Crippen LogP contribution in [0.5, 0.6) is 0 Å². The lowest BCUT2D eigenvalue weighted by atomic mass is 10.1. The lowest BCUT2D eigenvalue weighted by Crippen LogP contribution is -2.58. The molecule has 114 valence electrons. The van der Waals surface area contributed by atoms with Crippen LogP contribution in [0.15, 0.2) is 30.3 Å². The van der Waals surface area contributed by atoms with Crippen molar-refractivity contribution in [1.82, 2.24) is 9.80 Å². The van der Waals surface area contributed by atoms with Crippen molar-refractivity contribution in [3.8, 4) is 0 Å². The van der Waals surface area contributed by atoms with E-state index in [0.29, 0.717) is 25.9 Å². The quantitative estimate of drug-likeness (QED) is 0.752. The summed E-state index contributed by atoms with van der Waals surface area (Å²) in [5.41, 5.74) is 1.01. The van der Waals surface area contributed by atoms with Gasteiger partial charge in [-0.25, -0.2) is 0 Å². The number of halogens is 1. The number of unbranched alkanes of at least 4 members (excludes halogenated alkanes) is 1. The molecule has 0 aliphatic carbocycles. The Hall–Kier alpha value is -1.91. The Morgan fingerprint density at radius 2 is 1.90 bits per heavy atom. The van der Waals surface area contributed by atoms with Crippen molar-refractivity contribution in [2.24, 2.45) is 0 Å². The first-order chi connectivity index (χ1) is 10.1. The van der Waals surface area contributed by atoms with Gasteiger partial charge in [-0.1, -0.05) is 30.3 Å². The fourth-order valence-corrected chi connectivity index (χ4v) is 2.58. The third-order valence-corrected chi connectivity index (χ3v) is 3.78. The van der Waals surface area contributed by atoms with E-state index in [0.717, 1.165) is 5.56 Å². The smallest absolute Gasteiger partial charge is 0.245 e. The highest BCUT2D eigenvalue weighted by Gasteiger charge is 2.35. The van der Waals surface area contributed by atoms with Crippen LogP contribution in [-0.4, -0.2) is 47.4 Å². The average Bonchev–Trinajstić information content (AvgIpc) is 2.49. The average molecular weight is 292 g/mol. The molecule has 2 rings (SSSR count). The van der Waals surface area contributed by atoms with Crippen LogP contribution in [0.4, 0.5) is 4.39 Å². The van der Waals surface area contributed by atoms with Crippen LogP contribution in [0.3, 0.4) is 0 Å². The van der Waals surface area contributed by atoms with E-state index in [1.54, 1.807) is 16.7 Å². The van der Waals surface area contributed by atoms with Gasteiger partial charge in [0, 0.05) is 13.1 Å². The molecule has 0 N–H and O–H groups in total.